The number of hydrogen-bond donors (Lipinski definition) is 1. The van der Waals surface area contributed by atoms with Gasteiger partial charge in [0.1, 0.15) is 5.75 Å². The molecule has 0 aromatic heterocycles. The number of aryl methyl sites for hydroxylation is 2. The van der Waals surface area contributed by atoms with Gasteiger partial charge in [0.25, 0.3) is 0 Å². The van der Waals surface area contributed by atoms with Crippen molar-refractivity contribution in [2.75, 3.05) is 14.2 Å². The first-order chi connectivity index (χ1) is 19.1. The average Bonchev–Trinajstić information content (AvgIpc) is 2.97. The van der Waals surface area contributed by atoms with Crippen molar-refractivity contribution < 1.29 is 19.4 Å². The highest BCUT2D eigenvalue weighted by atomic mass is 16.5. The molecular formula is C36H46O4. The molecule has 4 heteroatoms. The van der Waals surface area contributed by atoms with Crippen LogP contribution in [0, 0.1) is 13.8 Å². The minimum atomic E-state index is -0.761. The number of rotatable bonds is 12. The molecule has 0 radical (unpaired) electrons. The smallest absolute Gasteiger partial charge is 0.309 e. The van der Waals surface area contributed by atoms with Gasteiger partial charge in [0, 0.05) is 11.0 Å². The second-order valence-electron chi connectivity index (χ2n) is 10.8. The predicted molar refractivity (Wildman–Crippen MR) is 166 cm³/mol. The zero-order valence-corrected chi connectivity index (χ0v) is 25.6. The van der Waals surface area contributed by atoms with Crippen LogP contribution in [0.15, 0.2) is 60.7 Å². The summed E-state index contributed by atoms with van der Waals surface area (Å²) in [6.07, 6.45) is 7.57. The van der Waals surface area contributed by atoms with E-state index >= 15 is 0 Å². The summed E-state index contributed by atoms with van der Waals surface area (Å²) in [7, 11) is 3.08. The van der Waals surface area contributed by atoms with E-state index in [4.69, 9.17) is 9.47 Å². The van der Waals surface area contributed by atoms with Crippen LogP contribution in [0.25, 0.3) is 17.2 Å². The van der Waals surface area contributed by atoms with Crippen molar-refractivity contribution >= 4 is 12.0 Å². The first-order valence-corrected chi connectivity index (χ1v) is 14.5. The lowest BCUT2D eigenvalue weighted by Gasteiger charge is -2.34. The Morgan fingerprint density at radius 3 is 1.95 bits per heavy atom. The number of esters is 1. The summed E-state index contributed by atoms with van der Waals surface area (Å²) < 4.78 is 10.6. The predicted octanol–water partition coefficient (Wildman–Crippen LogP) is 8.36. The zero-order valence-electron chi connectivity index (χ0n) is 25.6. The first-order valence-electron chi connectivity index (χ1n) is 14.5. The molecule has 0 bridgehead atoms. The first kappa shape index (κ1) is 31.2. The van der Waals surface area contributed by atoms with Gasteiger partial charge in [-0.15, -0.1) is 0 Å². The number of ether oxygens (including phenoxy) is 2. The van der Waals surface area contributed by atoms with E-state index in [0.29, 0.717) is 12.8 Å². The number of carbonyl (C=O) groups is 1. The molecule has 0 aliphatic carbocycles. The highest BCUT2D eigenvalue weighted by molar-refractivity contribution is 5.77. The molecule has 40 heavy (non-hydrogen) atoms. The molecule has 4 nitrogen and oxygen atoms in total. The molecule has 0 atom stereocenters. The third-order valence-corrected chi connectivity index (χ3v) is 8.74. The Bertz CT molecular complexity index is 1340. The summed E-state index contributed by atoms with van der Waals surface area (Å²) in [6.45, 7) is 12.9. The van der Waals surface area contributed by atoms with E-state index < -0.39 is 5.60 Å². The van der Waals surface area contributed by atoms with Crippen LogP contribution in [0.4, 0.5) is 0 Å². The molecule has 1 N–H and O–H groups in total. The van der Waals surface area contributed by atoms with E-state index in [-0.39, 0.29) is 17.8 Å². The zero-order chi connectivity index (χ0) is 29.5. The van der Waals surface area contributed by atoms with Crippen LogP contribution < -0.4 is 4.74 Å². The molecular weight excluding hydrogens is 496 g/mol. The molecule has 0 saturated carbocycles. The topological polar surface area (TPSA) is 55.8 Å². The Labute approximate surface area is 241 Å². The van der Waals surface area contributed by atoms with Gasteiger partial charge in [-0.3, -0.25) is 4.79 Å². The molecule has 3 aromatic carbocycles. The lowest BCUT2D eigenvalue weighted by molar-refractivity contribution is -0.139. The van der Waals surface area contributed by atoms with Crippen molar-refractivity contribution in [3.8, 4) is 16.9 Å². The number of aliphatic hydroxyl groups is 1. The van der Waals surface area contributed by atoms with Gasteiger partial charge in [0.05, 0.1) is 26.2 Å². The third-order valence-electron chi connectivity index (χ3n) is 8.74. The summed E-state index contributed by atoms with van der Waals surface area (Å²) in [4.78, 5) is 11.9. The highest BCUT2D eigenvalue weighted by Crippen LogP contribution is 2.42. The van der Waals surface area contributed by atoms with Gasteiger partial charge in [-0.25, -0.2) is 0 Å². The van der Waals surface area contributed by atoms with Crippen LogP contribution in [-0.4, -0.2) is 30.9 Å². The Morgan fingerprint density at radius 1 is 0.800 bits per heavy atom. The van der Waals surface area contributed by atoms with E-state index in [1.54, 1.807) is 7.11 Å². The molecule has 3 rings (SSSR count). The minimum Gasteiger partial charge on any atom is -0.496 e. The SMILES string of the molecule is CCC(O)(/C=C/c1ccc(C(CC)(CC)c2ccc(-c3cc(CC(=O)OC)ccc3OC)c(C)c2)cc1C)CC. The van der Waals surface area contributed by atoms with Crippen LogP contribution in [0.1, 0.15) is 86.8 Å². The van der Waals surface area contributed by atoms with Crippen molar-refractivity contribution in [2.45, 2.75) is 84.7 Å². The normalized spacial score (nSPS) is 12.1. The summed E-state index contributed by atoms with van der Waals surface area (Å²) in [5.74, 6) is 0.515. The van der Waals surface area contributed by atoms with Gasteiger partial charge in [-0.1, -0.05) is 82.3 Å². The maximum absolute atomic E-state index is 11.9. The molecule has 0 fully saturated rings. The fourth-order valence-electron chi connectivity index (χ4n) is 5.70. The maximum Gasteiger partial charge on any atom is 0.309 e. The molecule has 0 unspecified atom stereocenters. The van der Waals surface area contributed by atoms with Gasteiger partial charge in [0.2, 0.25) is 0 Å². The van der Waals surface area contributed by atoms with E-state index in [1.165, 1.54) is 23.8 Å². The quantitative estimate of drug-likeness (QED) is 0.234. The van der Waals surface area contributed by atoms with Crippen LogP contribution in [-0.2, 0) is 21.4 Å². The van der Waals surface area contributed by atoms with E-state index in [0.717, 1.165) is 46.4 Å². The number of carbonyl (C=O) groups excluding carboxylic acids is 1. The summed E-state index contributed by atoms with van der Waals surface area (Å²) >= 11 is 0. The minimum absolute atomic E-state index is 0.124. The molecule has 0 amide bonds. The fraction of sp³-hybridized carbons (Fsp3) is 0.417. The van der Waals surface area contributed by atoms with Crippen molar-refractivity contribution in [1.82, 2.24) is 0 Å². The van der Waals surface area contributed by atoms with E-state index in [1.807, 2.05) is 38.1 Å². The van der Waals surface area contributed by atoms with Gasteiger partial charge in [0.15, 0.2) is 0 Å². The number of methoxy groups -OCH3 is 2. The molecule has 0 aliphatic rings. The Morgan fingerprint density at radius 2 is 1.43 bits per heavy atom. The molecule has 0 heterocycles. The summed E-state index contributed by atoms with van der Waals surface area (Å²) in [5, 5.41) is 10.7. The van der Waals surface area contributed by atoms with Crippen molar-refractivity contribution in [3.63, 3.8) is 0 Å². The van der Waals surface area contributed by atoms with Crippen molar-refractivity contribution in [2.24, 2.45) is 0 Å². The van der Waals surface area contributed by atoms with Gasteiger partial charge < -0.3 is 14.6 Å². The number of hydrogen-bond acceptors (Lipinski definition) is 4. The Hall–Kier alpha value is -3.37. The summed E-state index contributed by atoms with van der Waals surface area (Å²) in [5.41, 5.74) is 8.15. The molecule has 3 aromatic rings. The van der Waals surface area contributed by atoms with Crippen LogP contribution >= 0.6 is 0 Å². The maximum atomic E-state index is 11.9. The van der Waals surface area contributed by atoms with Crippen LogP contribution in [0.5, 0.6) is 5.75 Å². The second-order valence-corrected chi connectivity index (χ2v) is 10.8. The largest absolute Gasteiger partial charge is 0.496 e. The van der Waals surface area contributed by atoms with E-state index in [2.05, 4.69) is 70.2 Å². The fourth-order valence-corrected chi connectivity index (χ4v) is 5.70. The standard InChI is InChI=1S/C36H46O4/c1-9-35(38,10-2)20-19-28-14-15-29(21-25(28)5)36(11-3,12-4)30-16-17-31(26(6)22-30)32-23-27(24-34(37)40-8)13-18-33(32)39-7/h13-23,38H,9-12,24H2,1-8H3/b20-19+. The Kier molecular flexibility index (Phi) is 10.4. The lowest BCUT2D eigenvalue weighted by Crippen LogP contribution is -2.26. The van der Waals surface area contributed by atoms with Gasteiger partial charge in [-0.05, 0) is 90.6 Å². The summed E-state index contributed by atoms with van der Waals surface area (Å²) in [6, 6.07) is 19.3. The molecule has 214 valence electrons. The van der Waals surface area contributed by atoms with Crippen molar-refractivity contribution in [3.05, 3.63) is 94.1 Å². The second kappa shape index (κ2) is 13.3. The highest BCUT2D eigenvalue weighted by Gasteiger charge is 2.31. The van der Waals surface area contributed by atoms with Gasteiger partial charge in [-0.2, -0.15) is 0 Å². The monoisotopic (exact) mass is 542 g/mol. The van der Waals surface area contributed by atoms with Crippen LogP contribution in [0.3, 0.4) is 0 Å². The molecule has 0 saturated heterocycles. The molecule has 0 aliphatic heterocycles. The molecule has 0 spiro atoms. The Balaban J connectivity index is 2.04. The average molecular weight is 543 g/mol. The lowest BCUT2D eigenvalue weighted by atomic mass is 9.69. The number of benzene rings is 3. The van der Waals surface area contributed by atoms with Crippen molar-refractivity contribution in [1.29, 1.82) is 0 Å². The van der Waals surface area contributed by atoms with Crippen LogP contribution in [0.2, 0.25) is 0 Å². The van der Waals surface area contributed by atoms with E-state index in [9.17, 15) is 9.90 Å². The van der Waals surface area contributed by atoms with Gasteiger partial charge >= 0.3 is 5.97 Å². The third kappa shape index (κ3) is 6.50.